The molecule has 42 heavy (non-hydrogen) atoms. The number of aromatic nitrogens is 3. The van der Waals surface area contributed by atoms with Gasteiger partial charge in [-0.3, -0.25) is 9.59 Å². The van der Waals surface area contributed by atoms with Crippen molar-refractivity contribution in [2.45, 2.75) is 46.0 Å². The van der Waals surface area contributed by atoms with Crippen LogP contribution in [0.3, 0.4) is 0 Å². The Kier molecular flexibility index (Phi) is 8.10. The second-order valence-corrected chi connectivity index (χ2v) is 11.1. The molecule has 0 atom stereocenters. The zero-order chi connectivity index (χ0) is 29.1. The van der Waals surface area contributed by atoms with Crippen LogP contribution in [0.1, 0.15) is 50.3 Å². The van der Waals surface area contributed by atoms with E-state index in [0.29, 0.717) is 60.8 Å². The number of rotatable bonds is 8. The van der Waals surface area contributed by atoms with Crippen LogP contribution >= 0.6 is 0 Å². The van der Waals surface area contributed by atoms with Gasteiger partial charge in [-0.2, -0.15) is 0 Å². The van der Waals surface area contributed by atoms with E-state index in [4.69, 9.17) is 9.15 Å². The number of hydrogen-bond acceptors (Lipinski definition) is 9. The van der Waals surface area contributed by atoms with Crippen LogP contribution in [0.15, 0.2) is 63.6 Å². The van der Waals surface area contributed by atoms with Crippen molar-refractivity contribution in [2.24, 2.45) is 5.92 Å². The molecule has 9 heteroatoms. The van der Waals surface area contributed by atoms with Crippen molar-refractivity contribution in [3.8, 4) is 11.1 Å². The van der Waals surface area contributed by atoms with Crippen LogP contribution in [0.2, 0.25) is 0 Å². The first kappa shape index (κ1) is 27.8. The van der Waals surface area contributed by atoms with Crippen molar-refractivity contribution in [3.05, 3.63) is 75.8 Å². The van der Waals surface area contributed by atoms with Crippen molar-refractivity contribution in [2.75, 3.05) is 36.5 Å². The van der Waals surface area contributed by atoms with Gasteiger partial charge >= 0.3 is 0 Å². The van der Waals surface area contributed by atoms with Crippen LogP contribution in [0.25, 0.3) is 28.2 Å². The minimum absolute atomic E-state index is 0.0781. The Balaban J connectivity index is 1.21. The van der Waals surface area contributed by atoms with Crippen molar-refractivity contribution in [1.29, 1.82) is 0 Å². The Morgan fingerprint density at radius 3 is 2.62 bits per heavy atom. The molecule has 0 radical (unpaired) electrons. The Morgan fingerprint density at radius 1 is 1.10 bits per heavy atom. The third-order valence-electron chi connectivity index (χ3n) is 8.16. The van der Waals surface area contributed by atoms with E-state index in [2.05, 4.69) is 20.3 Å². The van der Waals surface area contributed by atoms with Gasteiger partial charge in [0.2, 0.25) is 5.95 Å². The van der Waals surface area contributed by atoms with Gasteiger partial charge in [-0.15, -0.1) is 0 Å². The molecular formula is C33H35N5O4. The number of Topliss-reactive ketones (excluding diaryl/α,β-unsaturated/α-hetero) is 1. The molecule has 3 aromatic heterocycles. The van der Waals surface area contributed by atoms with Crippen molar-refractivity contribution in [3.63, 3.8) is 0 Å². The molecule has 0 unspecified atom stereocenters. The number of nitrogens with zero attached hydrogens (tertiary/aromatic N) is 4. The molecule has 1 aliphatic heterocycles. The van der Waals surface area contributed by atoms with Crippen molar-refractivity contribution in [1.82, 2.24) is 15.0 Å². The molecule has 1 saturated heterocycles. The Bertz CT molecular complexity index is 1680. The lowest BCUT2D eigenvalue weighted by atomic mass is 9.94. The zero-order valence-electron chi connectivity index (χ0n) is 24.1. The molecule has 0 spiro atoms. The number of anilines is 3. The molecule has 2 aliphatic rings. The Labute approximate surface area is 244 Å². The van der Waals surface area contributed by atoms with Crippen LogP contribution in [0.5, 0.6) is 0 Å². The monoisotopic (exact) mass is 565 g/mol. The summed E-state index contributed by atoms with van der Waals surface area (Å²) in [6.07, 6.45) is 11.1. The van der Waals surface area contributed by atoms with Gasteiger partial charge in [-0.1, -0.05) is 37.8 Å². The average molecular weight is 566 g/mol. The number of carbonyl (C=O) groups excluding carboxylic acids is 1. The quantitative estimate of drug-likeness (QED) is 0.254. The summed E-state index contributed by atoms with van der Waals surface area (Å²) in [7, 11) is 0. The number of hydrogen-bond donors (Lipinski definition) is 1. The summed E-state index contributed by atoms with van der Waals surface area (Å²) < 4.78 is 11.7. The van der Waals surface area contributed by atoms with Gasteiger partial charge in [0.1, 0.15) is 11.4 Å². The maximum Gasteiger partial charge on any atom is 0.228 e. The third kappa shape index (κ3) is 6.11. The zero-order valence-corrected chi connectivity index (χ0v) is 24.1. The summed E-state index contributed by atoms with van der Waals surface area (Å²) >= 11 is 0. The molecule has 4 heterocycles. The smallest absolute Gasteiger partial charge is 0.228 e. The second-order valence-electron chi connectivity index (χ2n) is 11.1. The first-order valence-electron chi connectivity index (χ1n) is 14.6. The SMILES string of the molecule is CC(=O)/C(=C/c1cnc(Nc2ccc(-c3cccc4c(=O)cc(N5CCOCC5)oc34)cn2)nc1C)CC1CCCC1. The molecule has 1 saturated carbocycles. The van der Waals surface area contributed by atoms with Crippen LogP contribution < -0.4 is 15.6 Å². The number of pyridine rings is 1. The van der Waals surface area contributed by atoms with E-state index in [1.807, 2.05) is 42.2 Å². The lowest BCUT2D eigenvalue weighted by Crippen LogP contribution is -2.36. The molecule has 2 fully saturated rings. The van der Waals surface area contributed by atoms with Gasteiger partial charge in [0, 0.05) is 48.2 Å². The summed E-state index contributed by atoms with van der Waals surface area (Å²) in [5.74, 6) is 2.26. The number of fused-ring (bicyclic) bond motifs is 1. The van der Waals surface area contributed by atoms with E-state index in [0.717, 1.165) is 34.4 Å². The van der Waals surface area contributed by atoms with Crippen molar-refractivity contribution < 1.29 is 13.9 Å². The number of morpholine rings is 1. The molecule has 4 aromatic rings. The Morgan fingerprint density at radius 2 is 1.90 bits per heavy atom. The minimum Gasteiger partial charge on any atom is -0.440 e. The van der Waals surface area contributed by atoms with Crippen LogP contribution in [-0.2, 0) is 9.53 Å². The average Bonchev–Trinajstić information content (AvgIpc) is 3.52. The summed E-state index contributed by atoms with van der Waals surface area (Å²) in [6.45, 7) is 6.11. The fourth-order valence-corrected chi connectivity index (χ4v) is 5.77. The fourth-order valence-electron chi connectivity index (χ4n) is 5.77. The van der Waals surface area contributed by atoms with E-state index in [-0.39, 0.29) is 11.2 Å². The number of benzene rings is 1. The predicted octanol–water partition coefficient (Wildman–Crippen LogP) is 6.09. The van der Waals surface area contributed by atoms with Crippen LogP contribution in [0, 0.1) is 12.8 Å². The summed E-state index contributed by atoms with van der Waals surface area (Å²) in [6, 6.07) is 10.9. The molecular weight excluding hydrogens is 530 g/mol. The summed E-state index contributed by atoms with van der Waals surface area (Å²) in [5.41, 5.74) is 4.55. The molecule has 1 N–H and O–H groups in total. The van der Waals surface area contributed by atoms with Crippen molar-refractivity contribution >= 4 is 40.5 Å². The fraction of sp³-hybridized carbons (Fsp3) is 0.364. The van der Waals surface area contributed by atoms with E-state index in [9.17, 15) is 9.59 Å². The van der Waals surface area contributed by atoms with Gasteiger partial charge in [0.25, 0.3) is 0 Å². The van der Waals surface area contributed by atoms with E-state index in [1.54, 1.807) is 31.5 Å². The lowest BCUT2D eigenvalue weighted by Gasteiger charge is -2.27. The number of aryl methyl sites for hydroxylation is 1. The van der Waals surface area contributed by atoms with E-state index >= 15 is 0 Å². The first-order valence-corrected chi connectivity index (χ1v) is 14.6. The number of allylic oxidation sites excluding steroid dienone is 1. The largest absolute Gasteiger partial charge is 0.440 e. The standard InChI is InChI=1S/C33H35N5O4/c1-21-26(17-25(22(2)39)16-23-6-3-4-7-23)20-35-33(36-21)37-30-11-10-24(19-34-30)27-8-5-9-28-29(40)18-31(42-32(27)28)38-12-14-41-15-13-38/h5,8-11,17-20,23H,3-4,6-7,12-16H2,1-2H3,(H,34,35,36,37)/b25-17+. The van der Waals surface area contributed by atoms with E-state index < -0.39 is 0 Å². The summed E-state index contributed by atoms with van der Waals surface area (Å²) in [4.78, 5) is 40.9. The highest BCUT2D eigenvalue weighted by Gasteiger charge is 2.20. The van der Waals surface area contributed by atoms with Crippen LogP contribution in [-0.4, -0.2) is 47.0 Å². The minimum atomic E-state index is -0.0781. The van der Waals surface area contributed by atoms with Gasteiger partial charge in [0.05, 0.1) is 24.3 Å². The third-order valence-corrected chi connectivity index (χ3v) is 8.16. The van der Waals surface area contributed by atoms with Gasteiger partial charge in [-0.05, 0) is 56.0 Å². The summed E-state index contributed by atoms with van der Waals surface area (Å²) in [5, 5.41) is 3.70. The molecule has 216 valence electrons. The number of ketones is 1. The van der Waals surface area contributed by atoms with Gasteiger partial charge in [-0.25, -0.2) is 15.0 Å². The highest BCUT2D eigenvalue weighted by Crippen LogP contribution is 2.32. The van der Waals surface area contributed by atoms with Gasteiger partial charge in [0.15, 0.2) is 17.1 Å². The highest BCUT2D eigenvalue weighted by molar-refractivity contribution is 5.98. The molecule has 9 nitrogen and oxygen atoms in total. The first-order chi connectivity index (χ1) is 20.4. The number of ether oxygens (including phenoxy) is 1. The normalized spacial score (nSPS) is 16.2. The predicted molar refractivity (Wildman–Crippen MR) is 164 cm³/mol. The van der Waals surface area contributed by atoms with Gasteiger partial charge < -0.3 is 19.4 Å². The molecule has 1 aromatic carbocycles. The lowest BCUT2D eigenvalue weighted by molar-refractivity contribution is -0.113. The number of carbonyl (C=O) groups is 1. The second kappa shape index (κ2) is 12.2. The maximum atomic E-state index is 12.9. The Hall–Kier alpha value is -4.37. The maximum absolute atomic E-state index is 12.9. The molecule has 6 rings (SSSR count). The molecule has 1 aliphatic carbocycles. The van der Waals surface area contributed by atoms with Crippen LogP contribution in [0.4, 0.5) is 17.7 Å². The molecule has 0 bridgehead atoms. The number of para-hydroxylation sites is 1. The number of nitrogens with one attached hydrogen (secondary N) is 1. The van der Waals surface area contributed by atoms with E-state index in [1.165, 1.54) is 25.7 Å². The highest BCUT2D eigenvalue weighted by atomic mass is 16.5. The topological polar surface area (TPSA) is 110 Å². The molecule has 0 amide bonds.